The molecule has 1 fully saturated rings. The van der Waals surface area contributed by atoms with Gasteiger partial charge in [0.15, 0.2) is 0 Å². The van der Waals surface area contributed by atoms with Gasteiger partial charge >= 0.3 is 0 Å². The second-order valence-corrected chi connectivity index (χ2v) is 9.50. The fourth-order valence-electron chi connectivity index (χ4n) is 4.01. The highest BCUT2D eigenvalue weighted by Crippen LogP contribution is 2.24. The summed E-state index contributed by atoms with van der Waals surface area (Å²) >= 11 is 0. The molecule has 0 aromatic heterocycles. The molecular formula is C24H34N4O2. The lowest BCUT2D eigenvalue weighted by Gasteiger charge is -2.49. The van der Waals surface area contributed by atoms with Gasteiger partial charge in [-0.1, -0.05) is 24.3 Å². The summed E-state index contributed by atoms with van der Waals surface area (Å²) in [6.45, 7) is 12.5. The van der Waals surface area contributed by atoms with E-state index in [2.05, 4.69) is 29.0 Å². The molecule has 162 valence electrons. The number of aliphatic hydroxyl groups is 1. The molecule has 6 nitrogen and oxygen atoms in total. The normalized spacial score (nSPS) is 17.6. The van der Waals surface area contributed by atoms with Crippen molar-refractivity contribution in [3.05, 3.63) is 59.7 Å². The zero-order valence-corrected chi connectivity index (χ0v) is 18.5. The molecule has 6 heteroatoms. The fourth-order valence-corrected chi connectivity index (χ4v) is 4.01. The van der Waals surface area contributed by atoms with E-state index in [9.17, 15) is 9.90 Å². The summed E-state index contributed by atoms with van der Waals surface area (Å²) in [6, 6.07) is 15.0. The average Bonchev–Trinajstić information content (AvgIpc) is 2.65. The van der Waals surface area contributed by atoms with Crippen LogP contribution in [0.15, 0.2) is 48.5 Å². The third-order valence-electron chi connectivity index (χ3n) is 5.56. The van der Waals surface area contributed by atoms with Gasteiger partial charge in [0, 0.05) is 43.8 Å². The summed E-state index contributed by atoms with van der Waals surface area (Å²) in [6.07, 6.45) is 0. The number of anilines is 2. The molecule has 0 bridgehead atoms. The van der Waals surface area contributed by atoms with Gasteiger partial charge < -0.3 is 16.2 Å². The summed E-state index contributed by atoms with van der Waals surface area (Å²) in [5, 5.41) is 13.0. The van der Waals surface area contributed by atoms with E-state index in [1.54, 1.807) is 12.1 Å². The smallest absolute Gasteiger partial charge is 0.255 e. The quantitative estimate of drug-likeness (QED) is 0.637. The van der Waals surface area contributed by atoms with Crippen molar-refractivity contribution in [2.45, 2.75) is 45.4 Å². The van der Waals surface area contributed by atoms with E-state index in [4.69, 9.17) is 5.73 Å². The maximum atomic E-state index is 12.5. The fraction of sp³-hybridized carbons (Fsp3) is 0.458. The van der Waals surface area contributed by atoms with Crippen LogP contribution in [-0.2, 0) is 6.54 Å². The van der Waals surface area contributed by atoms with Crippen molar-refractivity contribution in [2.75, 3.05) is 37.2 Å². The molecule has 2 aromatic carbocycles. The van der Waals surface area contributed by atoms with Gasteiger partial charge in [-0.2, -0.15) is 0 Å². The van der Waals surface area contributed by atoms with Crippen molar-refractivity contribution in [2.24, 2.45) is 0 Å². The van der Waals surface area contributed by atoms with Crippen LogP contribution in [0.25, 0.3) is 0 Å². The maximum absolute atomic E-state index is 12.5. The third-order valence-corrected chi connectivity index (χ3v) is 5.56. The predicted molar refractivity (Wildman–Crippen MR) is 122 cm³/mol. The van der Waals surface area contributed by atoms with Gasteiger partial charge in [0.25, 0.3) is 5.91 Å². The number of rotatable bonds is 6. The van der Waals surface area contributed by atoms with Gasteiger partial charge in [0.05, 0.1) is 17.0 Å². The Hall–Kier alpha value is -2.41. The molecule has 0 atom stereocenters. The van der Waals surface area contributed by atoms with Crippen LogP contribution in [0.2, 0.25) is 0 Å². The number of nitrogens with two attached hydrogens (primary N) is 1. The summed E-state index contributed by atoms with van der Waals surface area (Å²) in [5.74, 6) is -0.166. The Morgan fingerprint density at radius 2 is 1.80 bits per heavy atom. The van der Waals surface area contributed by atoms with Crippen LogP contribution in [0.1, 0.15) is 43.6 Å². The molecular weight excluding hydrogens is 376 g/mol. The standard InChI is InChI=1S/C24H34N4O2/c1-23(2)16-27(13-14-28(23)17-24(3,4)30)15-18-9-11-19(12-10-18)22(29)26-21-8-6-5-7-20(21)25/h5-12,30H,13-17,25H2,1-4H3,(H,26,29). The lowest BCUT2D eigenvalue weighted by molar-refractivity contribution is -0.0410. The molecule has 4 N–H and O–H groups in total. The second-order valence-electron chi connectivity index (χ2n) is 9.50. The predicted octanol–water partition coefficient (Wildman–Crippen LogP) is 3.19. The number of nitrogens with zero attached hydrogens (tertiary/aromatic N) is 2. The summed E-state index contributed by atoms with van der Waals surface area (Å²) < 4.78 is 0. The van der Waals surface area contributed by atoms with Crippen LogP contribution >= 0.6 is 0 Å². The first-order valence-electron chi connectivity index (χ1n) is 10.5. The van der Waals surface area contributed by atoms with Gasteiger partial charge in [0.1, 0.15) is 0 Å². The summed E-state index contributed by atoms with van der Waals surface area (Å²) in [5.41, 5.74) is 8.16. The van der Waals surface area contributed by atoms with Gasteiger partial charge in [-0.25, -0.2) is 0 Å². The molecule has 0 saturated carbocycles. The minimum Gasteiger partial charge on any atom is -0.397 e. The van der Waals surface area contributed by atoms with E-state index in [1.165, 1.54) is 5.56 Å². The second kappa shape index (κ2) is 8.76. The minimum absolute atomic E-state index is 0.00626. The summed E-state index contributed by atoms with van der Waals surface area (Å²) in [7, 11) is 0. The molecule has 1 aliphatic heterocycles. The largest absolute Gasteiger partial charge is 0.397 e. The molecule has 3 rings (SSSR count). The lowest BCUT2D eigenvalue weighted by Crippen LogP contribution is -2.61. The molecule has 0 radical (unpaired) electrons. The van der Waals surface area contributed by atoms with E-state index >= 15 is 0 Å². The Morgan fingerprint density at radius 1 is 1.13 bits per heavy atom. The maximum Gasteiger partial charge on any atom is 0.255 e. The van der Waals surface area contributed by atoms with Gasteiger partial charge in [-0.3, -0.25) is 14.6 Å². The Balaban J connectivity index is 1.58. The van der Waals surface area contributed by atoms with Crippen LogP contribution < -0.4 is 11.1 Å². The Kier molecular flexibility index (Phi) is 6.50. The van der Waals surface area contributed by atoms with Crippen molar-refractivity contribution in [1.82, 2.24) is 9.80 Å². The van der Waals surface area contributed by atoms with Gasteiger partial charge in [-0.15, -0.1) is 0 Å². The first-order chi connectivity index (χ1) is 14.0. The van der Waals surface area contributed by atoms with E-state index in [0.717, 1.165) is 26.2 Å². The van der Waals surface area contributed by atoms with Crippen molar-refractivity contribution in [3.63, 3.8) is 0 Å². The Labute approximate surface area is 179 Å². The number of benzene rings is 2. The molecule has 30 heavy (non-hydrogen) atoms. The molecule has 0 aliphatic carbocycles. The van der Waals surface area contributed by atoms with Crippen molar-refractivity contribution in [1.29, 1.82) is 0 Å². The zero-order valence-electron chi connectivity index (χ0n) is 18.5. The summed E-state index contributed by atoms with van der Waals surface area (Å²) in [4.78, 5) is 17.3. The van der Waals surface area contributed by atoms with Gasteiger partial charge in [0.2, 0.25) is 0 Å². The number of amides is 1. The third kappa shape index (κ3) is 5.81. The molecule has 0 unspecified atom stereocenters. The van der Waals surface area contributed by atoms with Crippen molar-refractivity contribution in [3.8, 4) is 0 Å². The number of piperazine rings is 1. The SMILES string of the molecule is CC(C)(O)CN1CCN(Cc2ccc(C(=O)Nc3ccccc3N)cc2)CC1(C)C. The molecule has 1 amide bonds. The highest BCUT2D eigenvalue weighted by atomic mass is 16.3. The highest BCUT2D eigenvalue weighted by molar-refractivity contribution is 6.05. The highest BCUT2D eigenvalue weighted by Gasteiger charge is 2.35. The number of β-amino-alcohol motifs (C(OH)–C–C–N with tert-alkyl or cyclic N) is 1. The van der Waals surface area contributed by atoms with Crippen LogP contribution in [0, 0.1) is 0 Å². The molecule has 1 aliphatic rings. The lowest BCUT2D eigenvalue weighted by atomic mass is 9.95. The van der Waals surface area contributed by atoms with Crippen LogP contribution in [0.4, 0.5) is 11.4 Å². The number of hydrogen-bond donors (Lipinski definition) is 3. The van der Waals surface area contributed by atoms with Crippen LogP contribution in [-0.4, -0.2) is 58.1 Å². The van der Waals surface area contributed by atoms with Crippen molar-refractivity contribution < 1.29 is 9.90 Å². The Morgan fingerprint density at radius 3 is 2.40 bits per heavy atom. The zero-order chi connectivity index (χ0) is 21.9. The number of nitrogen functional groups attached to an aromatic ring is 1. The van der Waals surface area contributed by atoms with E-state index in [-0.39, 0.29) is 11.4 Å². The molecule has 1 saturated heterocycles. The minimum atomic E-state index is -0.694. The topological polar surface area (TPSA) is 81.8 Å². The van der Waals surface area contributed by atoms with Crippen molar-refractivity contribution >= 4 is 17.3 Å². The average molecular weight is 411 g/mol. The molecule has 2 aromatic rings. The van der Waals surface area contributed by atoms with Crippen LogP contribution in [0.3, 0.4) is 0 Å². The van der Waals surface area contributed by atoms with E-state index < -0.39 is 5.60 Å². The Bertz CT molecular complexity index is 872. The number of carbonyl (C=O) groups is 1. The first-order valence-corrected chi connectivity index (χ1v) is 10.5. The monoisotopic (exact) mass is 410 g/mol. The van der Waals surface area contributed by atoms with E-state index in [0.29, 0.717) is 23.5 Å². The molecule has 0 spiro atoms. The number of hydrogen-bond acceptors (Lipinski definition) is 5. The number of para-hydroxylation sites is 2. The number of nitrogens with one attached hydrogen (secondary N) is 1. The van der Waals surface area contributed by atoms with Crippen LogP contribution in [0.5, 0.6) is 0 Å². The first kappa shape index (κ1) is 22.3. The number of carbonyl (C=O) groups excluding carboxylic acids is 1. The molecule has 1 heterocycles. The van der Waals surface area contributed by atoms with Gasteiger partial charge in [-0.05, 0) is 57.5 Å². The van der Waals surface area contributed by atoms with E-state index in [1.807, 2.05) is 50.2 Å².